The summed E-state index contributed by atoms with van der Waals surface area (Å²) in [5, 5.41) is 11.8. The summed E-state index contributed by atoms with van der Waals surface area (Å²) in [7, 11) is 0. The first kappa shape index (κ1) is 12.5. The molecule has 4 heteroatoms. The van der Waals surface area contributed by atoms with Gasteiger partial charge in [-0.25, -0.2) is 0 Å². The lowest BCUT2D eigenvalue weighted by molar-refractivity contribution is 0.900. The first-order valence-electron chi connectivity index (χ1n) is 6.18. The fourth-order valence-corrected chi connectivity index (χ4v) is 1.85. The highest BCUT2D eigenvalue weighted by Crippen LogP contribution is 2.19. The minimum atomic E-state index is 0.800. The van der Waals surface area contributed by atoms with Crippen molar-refractivity contribution in [2.24, 2.45) is 0 Å². The SMILES string of the molecule is CCNc1nnc(Cc2ccncc2)c(C)c1C. The zero-order valence-electron chi connectivity index (χ0n) is 11.1. The molecule has 0 amide bonds. The Balaban J connectivity index is 2.27. The van der Waals surface area contributed by atoms with Gasteiger partial charge in [-0.2, -0.15) is 5.10 Å². The smallest absolute Gasteiger partial charge is 0.151 e. The van der Waals surface area contributed by atoms with E-state index in [9.17, 15) is 0 Å². The second-order valence-electron chi connectivity index (χ2n) is 4.31. The predicted molar refractivity (Wildman–Crippen MR) is 72.7 cm³/mol. The maximum Gasteiger partial charge on any atom is 0.151 e. The van der Waals surface area contributed by atoms with Crippen molar-refractivity contribution in [1.29, 1.82) is 0 Å². The van der Waals surface area contributed by atoms with Crippen LogP contribution < -0.4 is 5.32 Å². The number of hydrogen-bond donors (Lipinski definition) is 1. The summed E-state index contributed by atoms with van der Waals surface area (Å²) in [5.41, 5.74) is 4.62. The molecule has 0 fully saturated rings. The van der Waals surface area contributed by atoms with Gasteiger partial charge in [-0.1, -0.05) is 0 Å². The van der Waals surface area contributed by atoms with Gasteiger partial charge in [0.15, 0.2) is 5.82 Å². The maximum absolute atomic E-state index is 4.32. The third kappa shape index (κ3) is 2.64. The summed E-state index contributed by atoms with van der Waals surface area (Å²) in [4.78, 5) is 4.02. The molecule has 0 unspecified atom stereocenters. The Bertz CT molecular complexity index is 523. The zero-order valence-corrected chi connectivity index (χ0v) is 11.1. The Morgan fingerprint density at radius 2 is 1.78 bits per heavy atom. The van der Waals surface area contributed by atoms with Crippen LogP contribution in [0.15, 0.2) is 24.5 Å². The van der Waals surface area contributed by atoms with Crippen LogP contribution in [0.3, 0.4) is 0 Å². The van der Waals surface area contributed by atoms with Crippen LogP contribution in [-0.2, 0) is 6.42 Å². The van der Waals surface area contributed by atoms with Crippen LogP contribution in [0.25, 0.3) is 0 Å². The van der Waals surface area contributed by atoms with Crippen molar-refractivity contribution in [3.05, 3.63) is 46.9 Å². The maximum atomic E-state index is 4.32. The molecule has 0 aliphatic heterocycles. The van der Waals surface area contributed by atoms with Gasteiger partial charge in [-0.3, -0.25) is 4.98 Å². The quantitative estimate of drug-likeness (QED) is 0.895. The molecule has 2 rings (SSSR count). The summed E-state index contributed by atoms with van der Waals surface area (Å²) in [6.45, 7) is 7.10. The topological polar surface area (TPSA) is 50.7 Å². The van der Waals surface area contributed by atoms with Crippen LogP contribution in [0.1, 0.15) is 29.3 Å². The van der Waals surface area contributed by atoms with E-state index in [1.807, 2.05) is 12.1 Å². The van der Waals surface area contributed by atoms with E-state index in [2.05, 4.69) is 41.3 Å². The molecule has 2 aromatic heterocycles. The fraction of sp³-hybridized carbons (Fsp3) is 0.357. The molecule has 0 spiro atoms. The molecule has 0 aliphatic rings. The van der Waals surface area contributed by atoms with Crippen LogP contribution in [0.2, 0.25) is 0 Å². The van der Waals surface area contributed by atoms with Crippen molar-refractivity contribution in [3.63, 3.8) is 0 Å². The van der Waals surface area contributed by atoms with Gasteiger partial charge in [0.2, 0.25) is 0 Å². The largest absolute Gasteiger partial charge is 0.369 e. The molecule has 0 saturated carbocycles. The van der Waals surface area contributed by atoms with Crippen LogP contribution in [0, 0.1) is 13.8 Å². The van der Waals surface area contributed by atoms with Crippen molar-refractivity contribution in [1.82, 2.24) is 15.2 Å². The van der Waals surface area contributed by atoms with Crippen LogP contribution in [-0.4, -0.2) is 21.7 Å². The molecule has 2 aromatic rings. The average Bonchev–Trinajstić information content (AvgIpc) is 2.40. The van der Waals surface area contributed by atoms with Crippen molar-refractivity contribution in [3.8, 4) is 0 Å². The third-order valence-corrected chi connectivity index (χ3v) is 3.09. The third-order valence-electron chi connectivity index (χ3n) is 3.09. The van der Waals surface area contributed by atoms with Crippen molar-refractivity contribution in [2.75, 3.05) is 11.9 Å². The van der Waals surface area contributed by atoms with Crippen LogP contribution in [0.4, 0.5) is 5.82 Å². The van der Waals surface area contributed by atoms with Gasteiger partial charge in [0.05, 0.1) is 5.69 Å². The fourth-order valence-electron chi connectivity index (χ4n) is 1.85. The van der Waals surface area contributed by atoms with E-state index in [1.54, 1.807) is 12.4 Å². The van der Waals surface area contributed by atoms with Crippen molar-refractivity contribution in [2.45, 2.75) is 27.2 Å². The zero-order chi connectivity index (χ0) is 13.0. The van der Waals surface area contributed by atoms with E-state index < -0.39 is 0 Å². The number of aromatic nitrogens is 3. The summed E-state index contributed by atoms with van der Waals surface area (Å²) < 4.78 is 0. The lowest BCUT2D eigenvalue weighted by Crippen LogP contribution is -2.08. The molecule has 0 atom stereocenters. The molecule has 94 valence electrons. The first-order chi connectivity index (χ1) is 8.72. The lowest BCUT2D eigenvalue weighted by atomic mass is 10.0. The lowest BCUT2D eigenvalue weighted by Gasteiger charge is -2.11. The minimum absolute atomic E-state index is 0.800. The Kier molecular flexibility index (Phi) is 3.87. The second kappa shape index (κ2) is 5.58. The molecular formula is C14H18N4. The van der Waals surface area contributed by atoms with E-state index in [0.717, 1.165) is 24.5 Å². The molecule has 1 N–H and O–H groups in total. The summed E-state index contributed by atoms with van der Waals surface area (Å²) in [6.07, 6.45) is 4.41. The van der Waals surface area contributed by atoms with Crippen LogP contribution >= 0.6 is 0 Å². The minimum Gasteiger partial charge on any atom is -0.369 e. The molecule has 0 bridgehead atoms. The summed E-state index contributed by atoms with van der Waals surface area (Å²) >= 11 is 0. The predicted octanol–water partition coefficient (Wildman–Crippen LogP) is 2.51. The highest BCUT2D eigenvalue weighted by molar-refractivity contribution is 5.48. The van der Waals surface area contributed by atoms with E-state index >= 15 is 0 Å². The van der Waals surface area contributed by atoms with Gasteiger partial charge >= 0.3 is 0 Å². The van der Waals surface area contributed by atoms with Gasteiger partial charge in [-0.15, -0.1) is 5.10 Å². The van der Waals surface area contributed by atoms with Crippen molar-refractivity contribution < 1.29 is 0 Å². The van der Waals surface area contributed by atoms with Gasteiger partial charge in [0, 0.05) is 25.4 Å². The molecule has 2 heterocycles. The molecule has 0 radical (unpaired) electrons. The van der Waals surface area contributed by atoms with Crippen LogP contribution in [0.5, 0.6) is 0 Å². The first-order valence-corrected chi connectivity index (χ1v) is 6.18. The number of pyridine rings is 1. The van der Waals surface area contributed by atoms with Gasteiger partial charge in [0.1, 0.15) is 0 Å². The number of nitrogens with one attached hydrogen (secondary N) is 1. The Morgan fingerprint density at radius 1 is 1.06 bits per heavy atom. The van der Waals surface area contributed by atoms with Gasteiger partial charge < -0.3 is 5.32 Å². The van der Waals surface area contributed by atoms with E-state index in [1.165, 1.54) is 16.7 Å². The molecule has 0 saturated heterocycles. The Hall–Kier alpha value is -1.97. The van der Waals surface area contributed by atoms with E-state index in [0.29, 0.717) is 0 Å². The Morgan fingerprint density at radius 3 is 2.44 bits per heavy atom. The van der Waals surface area contributed by atoms with E-state index in [-0.39, 0.29) is 0 Å². The number of hydrogen-bond acceptors (Lipinski definition) is 4. The molecule has 0 aromatic carbocycles. The normalized spacial score (nSPS) is 10.4. The number of anilines is 1. The van der Waals surface area contributed by atoms with Gasteiger partial charge in [0.25, 0.3) is 0 Å². The summed E-state index contributed by atoms with van der Waals surface area (Å²) in [5.74, 6) is 0.883. The highest BCUT2D eigenvalue weighted by Gasteiger charge is 2.09. The monoisotopic (exact) mass is 242 g/mol. The number of rotatable bonds is 4. The second-order valence-corrected chi connectivity index (χ2v) is 4.31. The molecular weight excluding hydrogens is 224 g/mol. The van der Waals surface area contributed by atoms with Gasteiger partial charge in [-0.05, 0) is 49.6 Å². The van der Waals surface area contributed by atoms with E-state index in [4.69, 9.17) is 0 Å². The molecule has 18 heavy (non-hydrogen) atoms. The highest BCUT2D eigenvalue weighted by atomic mass is 15.2. The average molecular weight is 242 g/mol. The summed E-state index contributed by atoms with van der Waals surface area (Å²) in [6, 6.07) is 4.02. The molecule has 4 nitrogen and oxygen atoms in total. The molecule has 0 aliphatic carbocycles. The Labute approximate surface area is 107 Å². The van der Waals surface area contributed by atoms with Crippen molar-refractivity contribution >= 4 is 5.82 Å². The number of nitrogens with zero attached hydrogens (tertiary/aromatic N) is 3. The standard InChI is InChI=1S/C14H18N4/c1-4-16-14-11(3)10(2)13(17-18-14)9-12-5-7-15-8-6-12/h5-8H,4,9H2,1-3H3,(H,16,18).